The number of benzene rings is 2. The molecule has 1 aliphatic heterocycles. The Morgan fingerprint density at radius 2 is 1.70 bits per heavy atom. The molecule has 0 atom stereocenters. The van der Waals surface area contributed by atoms with Crippen molar-refractivity contribution in [1.29, 1.82) is 0 Å². The standard InChI is InChI=1S/C25H28N2O5S/c1-15-10-17(3)19(11-16(15)2)20(28)14-33-25-26-23(29)13-24(30)27(25)9-8-18-6-7-21(31-4)22(12-18)32-5/h6-7,10-12H,8-9,13-14H2,1-5H3. The molecule has 2 aromatic rings. The summed E-state index contributed by atoms with van der Waals surface area (Å²) in [5, 5.41) is 0.270. The number of methoxy groups -OCH3 is 2. The van der Waals surface area contributed by atoms with Crippen molar-refractivity contribution in [2.45, 2.75) is 33.6 Å². The molecule has 2 amide bonds. The minimum Gasteiger partial charge on any atom is -0.493 e. The lowest BCUT2D eigenvalue weighted by Crippen LogP contribution is -2.41. The van der Waals surface area contributed by atoms with Gasteiger partial charge in [0, 0.05) is 12.1 Å². The summed E-state index contributed by atoms with van der Waals surface area (Å²) in [6, 6.07) is 9.45. The number of carbonyl (C=O) groups excluding carboxylic acids is 3. The van der Waals surface area contributed by atoms with Crippen LogP contribution < -0.4 is 9.47 Å². The number of carbonyl (C=O) groups is 3. The highest BCUT2D eigenvalue weighted by atomic mass is 32.2. The van der Waals surface area contributed by atoms with E-state index in [1.54, 1.807) is 14.2 Å². The molecule has 7 nitrogen and oxygen atoms in total. The maximum Gasteiger partial charge on any atom is 0.257 e. The zero-order chi connectivity index (χ0) is 24.1. The number of hydrogen-bond donors (Lipinski definition) is 0. The van der Waals surface area contributed by atoms with Gasteiger partial charge in [-0.15, -0.1) is 0 Å². The van der Waals surface area contributed by atoms with Crippen LogP contribution >= 0.6 is 11.8 Å². The largest absolute Gasteiger partial charge is 0.493 e. The number of thioether (sulfide) groups is 1. The molecule has 174 valence electrons. The van der Waals surface area contributed by atoms with E-state index in [0.717, 1.165) is 34.0 Å². The van der Waals surface area contributed by atoms with Gasteiger partial charge in [-0.2, -0.15) is 4.99 Å². The van der Waals surface area contributed by atoms with Crippen molar-refractivity contribution in [3.8, 4) is 11.5 Å². The predicted octanol–water partition coefficient (Wildman–Crippen LogP) is 3.90. The number of hydrogen-bond acceptors (Lipinski definition) is 6. The zero-order valence-electron chi connectivity index (χ0n) is 19.6. The molecule has 0 unspecified atom stereocenters. The van der Waals surface area contributed by atoms with Gasteiger partial charge in [-0.05, 0) is 67.6 Å². The molecule has 1 heterocycles. The van der Waals surface area contributed by atoms with Gasteiger partial charge in [0.1, 0.15) is 6.42 Å². The van der Waals surface area contributed by atoms with Gasteiger partial charge in [-0.3, -0.25) is 19.3 Å². The Morgan fingerprint density at radius 3 is 2.39 bits per heavy atom. The normalized spacial score (nSPS) is 13.7. The van der Waals surface area contributed by atoms with Crippen LogP contribution in [-0.4, -0.2) is 54.2 Å². The molecular weight excluding hydrogens is 440 g/mol. The highest BCUT2D eigenvalue weighted by molar-refractivity contribution is 8.14. The lowest BCUT2D eigenvalue weighted by molar-refractivity contribution is -0.133. The number of aliphatic imine (C=N–C) groups is 1. The SMILES string of the molecule is COc1ccc(CCN2C(=O)CC(=O)N=C2SCC(=O)c2cc(C)c(C)cc2C)cc1OC. The van der Waals surface area contributed by atoms with Crippen LogP contribution in [0.5, 0.6) is 11.5 Å². The highest BCUT2D eigenvalue weighted by Gasteiger charge is 2.28. The van der Waals surface area contributed by atoms with Gasteiger partial charge < -0.3 is 9.47 Å². The molecule has 0 radical (unpaired) electrons. The van der Waals surface area contributed by atoms with Crippen molar-refractivity contribution in [2.24, 2.45) is 4.99 Å². The third-order valence-corrected chi connectivity index (χ3v) is 6.58. The third kappa shape index (κ3) is 5.82. The van der Waals surface area contributed by atoms with Gasteiger partial charge in [-0.25, -0.2) is 0 Å². The molecule has 0 aliphatic carbocycles. The van der Waals surface area contributed by atoms with Crippen LogP contribution in [0, 0.1) is 20.8 Å². The summed E-state index contributed by atoms with van der Waals surface area (Å²) in [5.41, 5.74) is 4.68. The topological polar surface area (TPSA) is 85.3 Å². The van der Waals surface area contributed by atoms with Crippen molar-refractivity contribution in [1.82, 2.24) is 4.90 Å². The molecule has 0 aromatic heterocycles. The second kappa shape index (κ2) is 10.7. The van der Waals surface area contributed by atoms with Crippen LogP contribution in [0.3, 0.4) is 0 Å². The number of rotatable bonds is 8. The molecule has 0 saturated heterocycles. The van der Waals surface area contributed by atoms with E-state index in [1.165, 1.54) is 4.90 Å². The van der Waals surface area contributed by atoms with E-state index >= 15 is 0 Å². The summed E-state index contributed by atoms with van der Waals surface area (Å²) in [6.45, 7) is 6.22. The summed E-state index contributed by atoms with van der Waals surface area (Å²) in [6.07, 6.45) is 0.268. The number of amides is 2. The molecule has 3 rings (SSSR count). The Balaban J connectivity index is 1.72. The van der Waals surface area contributed by atoms with Gasteiger partial charge in [-0.1, -0.05) is 23.9 Å². The quantitative estimate of drug-likeness (QED) is 0.431. The summed E-state index contributed by atoms with van der Waals surface area (Å²) < 4.78 is 10.6. The first-order chi connectivity index (χ1) is 15.7. The zero-order valence-corrected chi connectivity index (χ0v) is 20.4. The summed E-state index contributed by atoms with van der Waals surface area (Å²) in [5.74, 6) is 0.461. The average molecular weight is 469 g/mol. The molecule has 0 fully saturated rings. The van der Waals surface area contributed by atoms with Crippen LogP contribution in [-0.2, 0) is 16.0 Å². The first-order valence-electron chi connectivity index (χ1n) is 10.6. The number of aryl methyl sites for hydroxylation is 3. The number of nitrogens with zero attached hydrogens (tertiary/aromatic N) is 2. The Hall–Kier alpha value is -3.13. The van der Waals surface area contributed by atoms with Crippen molar-refractivity contribution in [3.05, 3.63) is 58.1 Å². The molecule has 0 spiro atoms. The maximum absolute atomic E-state index is 12.9. The average Bonchev–Trinajstić information content (AvgIpc) is 2.78. The molecule has 8 heteroatoms. The van der Waals surface area contributed by atoms with Gasteiger partial charge in [0.2, 0.25) is 5.91 Å². The summed E-state index contributed by atoms with van der Waals surface area (Å²) >= 11 is 1.12. The number of ether oxygens (including phenoxy) is 2. The van der Waals surface area contributed by atoms with Gasteiger partial charge in [0.05, 0.1) is 20.0 Å². The van der Waals surface area contributed by atoms with Crippen LogP contribution in [0.1, 0.15) is 39.0 Å². The number of Topliss-reactive ketones (excluding diaryl/α,β-unsaturated/α-hetero) is 1. The van der Waals surface area contributed by atoms with E-state index in [9.17, 15) is 14.4 Å². The summed E-state index contributed by atoms with van der Waals surface area (Å²) in [7, 11) is 3.14. The molecule has 1 aliphatic rings. The fraction of sp³-hybridized carbons (Fsp3) is 0.360. The molecule has 2 aromatic carbocycles. The second-order valence-electron chi connectivity index (χ2n) is 7.91. The first-order valence-corrected chi connectivity index (χ1v) is 11.6. The van der Waals surface area contributed by atoms with E-state index in [0.29, 0.717) is 30.0 Å². The Labute approximate surface area is 198 Å². The van der Waals surface area contributed by atoms with Crippen LogP contribution in [0.4, 0.5) is 0 Å². The van der Waals surface area contributed by atoms with Crippen LogP contribution in [0.2, 0.25) is 0 Å². The number of ketones is 1. The van der Waals surface area contributed by atoms with E-state index < -0.39 is 5.91 Å². The fourth-order valence-electron chi connectivity index (χ4n) is 3.61. The van der Waals surface area contributed by atoms with Crippen molar-refractivity contribution in [2.75, 3.05) is 26.5 Å². The lowest BCUT2D eigenvalue weighted by Gasteiger charge is -2.26. The Bertz CT molecular complexity index is 1130. The second-order valence-corrected chi connectivity index (χ2v) is 8.86. The number of amidine groups is 1. The summed E-state index contributed by atoms with van der Waals surface area (Å²) in [4.78, 5) is 42.9. The minimum atomic E-state index is -0.486. The smallest absolute Gasteiger partial charge is 0.257 e. The van der Waals surface area contributed by atoms with E-state index in [-0.39, 0.29) is 29.0 Å². The molecule has 33 heavy (non-hydrogen) atoms. The third-order valence-electron chi connectivity index (χ3n) is 5.60. The van der Waals surface area contributed by atoms with E-state index in [2.05, 4.69) is 4.99 Å². The minimum absolute atomic E-state index is 0.0615. The Kier molecular flexibility index (Phi) is 7.92. The van der Waals surface area contributed by atoms with Crippen molar-refractivity contribution < 1.29 is 23.9 Å². The fourth-order valence-corrected chi connectivity index (χ4v) is 4.55. The monoisotopic (exact) mass is 468 g/mol. The highest BCUT2D eigenvalue weighted by Crippen LogP contribution is 2.28. The van der Waals surface area contributed by atoms with E-state index in [1.807, 2.05) is 51.1 Å². The predicted molar refractivity (Wildman–Crippen MR) is 129 cm³/mol. The van der Waals surface area contributed by atoms with E-state index in [4.69, 9.17) is 9.47 Å². The first kappa shape index (κ1) is 24.5. The molecule has 0 saturated carbocycles. The van der Waals surface area contributed by atoms with Crippen LogP contribution in [0.25, 0.3) is 0 Å². The molecular formula is C25H28N2O5S. The maximum atomic E-state index is 12.9. The molecule has 0 N–H and O–H groups in total. The lowest BCUT2D eigenvalue weighted by atomic mass is 9.99. The molecule has 0 bridgehead atoms. The van der Waals surface area contributed by atoms with Crippen molar-refractivity contribution in [3.63, 3.8) is 0 Å². The van der Waals surface area contributed by atoms with Gasteiger partial charge in [0.25, 0.3) is 5.91 Å². The Morgan fingerprint density at radius 1 is 1.00 bits per heavy atom. The van der Waals surface area contributed by atoms with Gasteiger partial charge in [0.15, 0.2) is 22.4 Å². The van der Waals surface area contributed by atoms with Gasteiger partial charge >= 0.3 is 0 Å². The van der Waals surface area contributed by atoms with Crippen LogP contribution in [0.15, 0.2) is 35.3 Å². The van der Waals surface area contributed by atoms with Crippen molar-refractivity contribution >= 4 is 34.5 Å².